The monoisotopic (exact) mass is 327 g/mol. The van der Waals surface area contributed by atoms with Crippen LogP contribution in [0.25, 0.3) is 0 Å². The third-order valence-corrected chi connectivity index (χ3v) is 6.35. The minimum atomic E-state index is -0.729. The Labute approximate surface area is 142 Å². The van der Waals surface area contributed by atoms with Crippen molar-refractivity contribution in [2.75, 3.05) is 13.1 Å². The Bertz CT molecular complexity index is 634. The molecule has 2 saturated carbocycles. The Hall–Kier alpha value is -1.84. The van der Waals surface area contributed by atoms with Gasteiger partial charge in [0.25, 0.3) is 0 Å². The lowest BCUT2D eigenvalue weighted by atomic mass is 9.64. The van der Waals surface area contributed by atoms with Crippen molar-refractivity contribution in [3.63, 3.8) is 0 Å². The van der Waals surface area contributed by atoms with Crippen molar-refractivity contribution in [1.29, 1.82) is 0 Å². The van der Waals surface area contributed by atoms with Gasteiger partial charge in [-0.25, -0.2) is 0 Å². The summed E-state index contributed by atoms with van der Waals surface area (Å²) in [6.07, 6.45) is 6.01. The Morgan fingerprint density at radius 3 is 2.38 bits per heavy atom. The highest BCUT2D eigenvalue weighted by Gasteiger charge is 2.52. The summed E-state index contributed by atoms with van der Waals surface area (Å²) in [4.78, 5) is 26.7. The zero-order valence-corrected chi connectivity index (χ0v) is 14.0. The summed E-state index contributed by atoms with van der Waals surface area (Å²) in [7, 11) is 0. The van der Waals surface area contributed by atoms with Gasteiger partial charge in [-0.15, -0.1) is 0 Å². The molecule has 3 aliphatic rings. The Balaban J connectivity index is 1.50. The molecule has 128 valence electrons. The fraction of sp³-hybridized carbons (Fsp3) is 0.600. The molecule has 4 heteroatoms. The number of amides is 1. The second-order valence-electron chi connectivity index (χ2n) is 7.95. The van der Waals surface area contributed by atoms with Crippen LogP contribution in [0.3, 0.4) is 0 Å². The summed E-state index contributed by atoms with van der Waals surface area (Å²) in [5.74, 6) is -0.203. The lowest BCUT2D eigenvalue weighted by Gasteiger charge is -2.43. The molecule has 0 bridgehead atoms. The lowest BCUT2D eigenvalue weighted by molar-refractivity contribution is -0.147. The van der Waals surface area contributed by atoms with Crippen LogP contribution in [0.5, 0.6) is 0 Å². The van der Waals surface area contributed by atoms with Crippen molar-refractivity contribution < 1.29 is 14.7 Å². The molecule has 2 aliphatic carbocycles. The number of hydrogen-bond acceptors (Lipinski definition) is 2. The van der Waals surface area contributed by atoms with E-state index in [0.717, 1.165) is 38.5 Å². The molecule has 4 rings (SSSR count). The number of benzene rings is 1. The number of rotatable bonds is 5. The highest BCUT2D eigenvalue weighted by molar-refractivity contribution is 5.85. The smallest absolute Gasteiger partial charge is 0.308 e. The number of carbonyl (C=O) groups is 2. The first-order chi connectivity index (χ1) is 11.6. The zero-order valence-electron chi connectivity index (χ0n) is 14.0. The van der Waals surface area contributed by atoms with Crippen molar-refractivity contribution in [3.05, 3.63) is 35.9 Å². The van der Waals surface area contributed by atoms with Gasteiger partial charge in [0.1, 0.15) is 0 Å². The second-order valence-corrected chi connectivity index (χ2v) is 7.95. The van der Waals surface area contributed by atoms with E-state index in [1.807, 2.05) is 23.1 Å². The third-order valence-electron chi connectivity index (χ3n) is 6.35. The fourth-order valence-electron chi connectivity index (χ4n) is 4.65. The van der Waals surface area contributed by atoms with E-state index >= 15 is 0 Å². The molecule has 0 radical (unpaired) electrons. The SMILES string of the molecule is O=C(O)[C@H]1CN(C(=O)C2(Cc3ccccc3)CCC2)C[C@@H]1C1CC1. The average Bonchev–Trinajstić information content (AvgIpc) is 3.29. The molecular formula is C20H25NO3. The van der Waals surface area contributed by atoms with Gasteiger partial charge in [-0.2, -0.15) is 0 Å². The van der Waals surface area contributed by atoms with Crippen LogP contribution in [-0.2, 0) is 16.0 Å². The molecule has 4 nitrogen and oxygen atoms in total. The highest BCUT2D eigenvalue weighted by Crippen LogP contribution is 2.49. The average molecular weight is 327 g/mol. The van der Waals surface area contributed by atoms with Crippen molar-refractivity contribution in [3.8, 4) is 0 Å². The molecule has 1 amide bonds. The minimum absolute atomic E-state index is 0.167. The number of aliphatic carboxylic acids is 1. The number of likely N-dealkylation sites (tertiary alicyclic amines) is 1. The molecular weight excluding hydrogens is 302 g/mol. The van der Waals surface area contributed by atoms with E-state index in [1.54, 1.807) is 0 Å². The van der Waals surface area contributed by atoms with Gasteiger partial charge in [0.05, 0.1) is 11.3 Å². The molecule has 3 fully saturated rings. The van der Waals surface area contributed by atoms with Crippen LogP contribution in [0.1, 0.15) is 37.7 Å². The minimum Gasteiger partial charge on any atom is -0.481 e. The van der Waals surface area contributed by atoms with Crippen LogP contribution < -0.4 is 0 Å². The summed E-state index contributed by atoms with van der Waals surface area (Å²) < 4.78 is 0. The Morgan fingerprint density at radius 2 is 1.83 bits per heavy atom. The maximum atomic E-state index is 13.2. The van der Waals surface area contributed by atoms with Gasteiger partial charge in [-0.1, -0.05) is 36.8 Å². The molecule has 1 saturated heterocycles. The van der Waals surface area contributed by atoms with Crippen LogP contribution in [0.4, 0.5) is 0 Å². The first-order valence-corrected chi connectivity index (χ1v) is 9.15. The first kappa shape index (κ1) is 15.7. The van der Waals surface area contributed by atoms with E-state index in [-0.39, 0.29) is 23.2 Å². The number of carboxylic acids is 1. The van der Waals surface area contributed by atoms with Gasteiger partial charge in [-0.05, 0) is 49.5 Å². The largest absolute Gasteiger partial charge is 0.481 e. The molecule has 2 atom stereocenters. The normalized spacial score (nSPS) is 28.4. The predicted molar refractivity (Wildman–Crippen MR) is 90.3 cm³/mol. The number of carbonyl (C=O) groups excluding carboxylic acids is 1. The summed E-state index contributed by atoms with van der Waals surface area (Å²) in [5.41, 5.74) is 0.918. The van der Waals surface area contributed by atoms with E-state index in [4.69, 9.17) is 0 Å². The Morgan fingerprint density at radius 1 is 1.12 bits per heavy atom. The number of nitrogens with zero attached hydrogens (tertiary/aromatic N) is 1. The van der Waals surface area contributed by atoms with Crippen LogP contribution in [0.15, 0.2) is 30.3 Å². The van der Waals surface area contributed by atoms with Crippen LogP contribution in [0, 0.1) is 23.2 Å². The molecule has 0 spiro atoms. The van der Waals surface area contributed by atoms with Crippen LogP contribution >= 0.6 is 0 Å². The molecule has 1 aromatic carbocycles. The van der Waals surface area contributed by atoms with Gasteiger partial charge in [0.15, 0.2) is 0 Å². The molecule has 1 aromatic rings. The molecule has 0 aromatic heterocycles. The third kappa shape index (κ3) is 2.72. The quantitative estimate of drug-likeness (QED) is 0.904. The maximum absolute atomic E-state index is 13.2. The maximum Gasteiger partial charge on any atom is 0.308 e. The van der Waals surface area contributed by atoms with E-state index < -0.39 is 5.97 Å². The van der Waals surface area contributed by atoms with E-state index in [0.29, 0.717) is 19.0 Å². The Kier molecular flexibility index (Phi) is 3.86. The summed E-state index contributed by atoms with van der Waals surface area (Å²) in [5, 5.41) is 9.53. The molecule has 1 N–H and O–H groups in total. The van der Waals surface area contributed by atoms with E-state index in [2.05, 4.69) is 12.1 Å². The lowest BCUT2D eigenvalue weighted by Crippen LogP contribution is -2.48. The summed E-state index contributed by atoms with van der Waals surface area (Å²) >= 11 is 0. The molecule has 0 unspecified atom stereocenters. The highest BCUT2D eigenvalue weighted by atomic mass is 16.4. The summed E-state index contributed by atoms with van der Waals surface area (Å²) in [6.45, 7) is 1.06. The van der Waals surface area contributed by atoms with Gasteiger partial charge in [0.2, 0.25) is 5.91 Å². The van der Waals surface area contributed by atoms with Crippen molar-refractivity contribution in [2.45, 2.75) is 38.5 Å². The standard InChI is InChI=1S/C20H25NO3/c22-18(23)17-13-21(12-16(17)15-7-8-15)19(24)20(9-4-10-20)11-14-5-2-1-3-6-14/h1-3,5-6,15-17H,4,7-13H2,(H,22,23)/t16-,17+/m1/s1. The zero-order chi connectivity index (χ0) is 16.7. The second kappa shape index (κ2) is 5.91. The van der Waals surface area contributed by atoms with Gasteiger partial charge in [0, 0.05) is 13.1 Å². The van der Waals surface area contributed by atoms with Crippen molar-refractivity contribution in [2.24, 2.45) is 23.2 Å². The number of hydrogen-bond donors (Lipinski definition) is 1. The van der Waals surface area contributed by atoms with Gasteiger partial charge < -0.3 is 10.0 Å². The van der Waals surface area contributed by atoms with E-state index in [1.165, 1.54) is 5.56 Å². The molecule has 24 heavy (non-hydrogen) atoms. The summed E-state index contributed by atoms with van der Waals surface area (Å²) in [6, 6.07) is 10.2. The van der Waals surface area contributed by atoms with Crippen molar-refractivity contribution >= 4 is 11.9 Å². The van der Waals surface area contributed by atoms with Crippen LogP contribution in [0.2, 0.25) is 0 Å². The van der Waals surface area contributed by atoms with E-state index in [9.17, 15) is 14.7 Å². The number of carboxylic acid groups (broad SMARTS) is 1. The molecule has 1 heterocycles. The molecule has 1 aliphatic heterocycles. The first-order valence-electron chi connectivity index (χ1n) is 9.15. The fourth-order valence-corrected chi connectivity index (χ4v) is 4.65. The van der Waals surface area contributed by atoms with Crippen molar-refractivity contribution in [1.82, 2.24) is 4.90 Å². The predicted octanol–water partition coefficient (Wildman–Crippen LogP) is 2.97. The van der Waals surface area contributed by atoms with Crippen LogP contribution in [-0.4, -0.2) is 35.0 Å². The van der Waals surface area contributed by atoms with Gasteiger partial charge in [-0.3, -0.25) is 9.59 Å². The van der Waals surface area contributed by atoms with Gasteiger partial charge >= 0.3 is 5.97 Å². The topological polar surface area (TPSA) is 57.6 Å².